The average Bonchev–Trinajstić information content (AvgIpc) is 2.36. The highest BCUT2D eigenvalue weighted by Gasteiger charge is 2.29. The number of nitrogens with one attached hydrogen (secondary N) is 1. The number of carbonyl (C=O) groups excluding carboxylic acids is 1. The summed E-state index contributed by atoms with van der Waals surface area (Å²) < 4.78 is 5.21. The molecule has 1 aromatic rings. The van der Waals surface area contributed by atoms with Gasteiger partial charge < -0.3 is 20.7 Å². The predicted molar refractivity (Wildman–Crippen MR) is 81.2 cm³/mol. The smallest absolute Gasteiger partial charge is 0.242 e. The molecule has 6 heteroatoms. The lowest BCUT2D eigenvalue weighted by molar-refractivity contribution is -0.119. The molecule has 0 saturated heterocycles. The normalized spacial score (nSPS) is 12.8. The van der Waals surface area contributed by atoms with Crippen LogP contribution in [0.2, 0.25) is 0 Å². The van der Waals surface area contributed by atoms with Crippen molar-refractivity contribution in [2.24, 2.45) is 11.1 Å². The molecular formula is C14H24N4O2. The van der Waals surface area contributed by atoms with Gasteiger partial charge in [-0.1, -0.05) is 20.8 Å². The molecule has 0 radical (unpaired) electrons. The molecule has 6 nitrogen and oxygen atoms in total. The largest absolute Gasteiger partial charge is 0.479 e. The lowest BCUT2D eigenvalue weighted by atomic mass is 9.87. The second-order valence-corrected chi connectivity index (χ2v) is 5.94. The van der Waals surface area contributed by atoms with Crippen LogP contribution in [0, 0.1) is 5.41 Å². The molecule has 0 fully saturated rings. The van der Waals surface area contributed by atoms with Gasteiger partial charge in [-0.2, -0.15) is 0 Å². The minimum Gasteiger partial charge on any atom is -0.479 e. The number of hydrogen-bond acceptors (Lipinski definition) is 5. The number of hydrogen-bond donors (Lipinski definition) is 2. The number of amides is 1. The van der Waals surface area contributed by atoms with Crippen molar-refractivity contribution in [3.63, 3.8) is 0 Å². The Morgan fingerprint density at radius 3 is 2.50 bits per heavy atom. The lowest BCUT2D eigenvalue weighted by Crippen LogP contribution is -2.45. The number of ether oxygens (including phenoxy) is 1. The number of pyridine rings is 1. The van der Waals surface area contributed by atoms with E-state index in [-0.39, 0.29) is 11.3 Å². The lowest BCUT2D eigenvalue weighted by Gasteiger charge is -2.27. The summed E-state index contributed by atoms with van der Waals surface area (Å²) in [6, 6.07) is 1.18. The van der Waals surface area contributed by atoms with Crippen LogP contribution in [0.25, 0.3) is 0 Å². The highest BCUT2D eigenvalue weighted by molar-refractivity contribution is 5.99. The Hall–Kier alpha value is -1.82. The van der Waals surface area contributed by atoms with Crippen molar-refractivity contribution in [2.45, 2.75) is 26.8 Å². The van der Waals surface area contributed by atoms with Crippen LogP contribution in [0.4, 0.5) is 11.4 Å². The Labute approximate surface area is 120 Å². The molecule has 1 amide bonds. The van der Waals surface area contributed by atoms with Crippen LogP contribution in [0.15, 0.2) is 12.3 Å². The summed E-state index contributed by atoms with van der Waals surface area (Å²) in [6.45, 7) is 5.76. The molecule has 1 atom stereocenters. The SMILES string of the molecule is COc1nccc(N(C)C)c1NC(=O)[C@@H](N)C(C)(C)C. The van der Waals surface area contributed by atoms with E-state index in [1.54, 1.807) is 12.3 Å². The van der Waals surface area contributed by atoms with E-state index in [0.29, 0.717) is 11.6 Å². The van der Waals surface area contributed by atoms with Gasteiger partial charge in [-0.15, -0.1) is 0 Å². The summed E-state index contributed by atoms with van der Waals surface area (Å²) in [7, 11) is 5.28. The van der Waals surface area contributed by atoms with Crippen LogP contribution in [-0.4, -0.2) is 38.1 Å². The van der Waals surface area contributed by atoms with Gasteiger partial charge in [0.1, 0.15) is 5.69 Å². The average molecular weight is 280 g/mol. The first-order chi connectivity index (χ1) is 9.18. The minimum absolute atomic E-state index is 0.257. The number of nitrogens with zero attached hydrogens (tertiary/aromatic N) is 2. The van der Waals surface area contributed by atoms with Crippen LogP contribution in [0.5, 0.6) is 5.88 Å². The van der Waals surface area contributed by atoms with E-state index in [0.717, 1.165) is 5.69 Å². The molecule has 0 saturated carbocycles. The van der Waals surface area contributed by atoms with E-state index in [4.69, 9.17) is 10.5 Å². The zero-order chi connectivity index (χ0) is 15.5. The molecule has 0 unspecified atom stereocenters. The van der Waals surface area contributed by atoms with Gasteiger partial charge in [0.15, 0.2) is 0 Å². The molecule has 0 aromatic carbocycles. The molecule has 1 rings (SSSR count). The van der Waals surface area contributed by atoms with Gasteiger partial charge in [0.2, 0.25) is 11.8 Å². The molecule has 0 aliphatic heterocycles. The maximum absolute atomic E-state index is 12.3. The third-order valence-corrected chi connectivity index (χ3v) is 3.03. The van der Waals surface area contributed by atoms with Crippen molar-refractivity contribution in [1.29, 1.82) is 0 Å². The number of methoxy groups -OCH3 is 1. The zero-order valence-corrected chi connectivity index (χ0v) is 13.0. The fourth-order valence-corrected chi connectivity index (χ4v) is 1.67. The number of anilines is 2. The van der Waals surface area contributed by atoms with Crippen LogP contribution in [-0.2, 0) is 4.79 Å². The van der Waals surface area contributed by atoms with Gasteiger partial charge in [0.05, 0.1) is 18.8 Å². The molecule has 1 aromatic heterocycles. The third kappa shape index (κ3) is 3.60. The van der Waals surface area contributed by atoms with Gasteiger partial charge in [0.25, 0.3) is 0 Å². The first kappa shape index (κ1) is 16.2. The monoisotopic (exact) mass is 280 g/mol. The Morgan fingerprint density at radius 2 is 2.05 bits per heavy atom. The van der Waals surface area contributed by atoms with Gasteiger partial charge in [0, 0.05) is 20.3 Å². The van der Waals surface area contributed by atoms with Crippen molar-refractivity contribution in [2.75, 3.05) is 31.4 Å². The molecule has 0 aliphatic carbocycles. The third-order valence-electron chi connectivity index (χ3n) is 3.03. The summed E-state index contributed by atoms with van der Waals surface area (Å²) in [5.41, 5.74) is 6.99. The van der Waals surface area contributed by atoms with Crippen LogP contribution >= 0.6 is 0 Å². The summed E-state index contributed by atoms with van der Waals surface area (Å²) in [4.78, 5) is 18.3. The van der Waals surface area contributed by atoms with Gasteiger partial charge in [-0.3, -0.25) is 4.79 Å². The van der Waals surface area contributed by atoms with Crippen molar-refractivity contribution in [3.8, 4) is 5.88 Å². The second-order valence-electron chi connectivity index (χ2n) is 5.94. The molecular weight excluding hydrogens is 256 g/mol. The summed E-state index contributed by atoms with van der Waals surface area (Å²) in [5.74, 6) is 0.109. The van der Waals surface area contributed by atoms with Crippen LogP contribution < -0.4 is 20.7 Å². The van der Waals surface area contributed by atoms with E-state index in [1.165, 1.54) is 7.11 Å². The number of rotatable bonds is 4. The second kappa shape index (κ2) is 6.09. The fraction of sp³-hybridized carbons (Fsp3) is 0.571. The Balaban J connectivity index is 3.11. The number of carbonyl (C=O) groups is 1. The van der Waals surface area contributed by atoms with Crippen LogP contribution in [0.1, 0.15) is 20.8 Å². The molecule has 20 heavy (non-hydrogen) atoms. The van der Waals surface area contributed by atoms with Crippen LogP contribution in [0.3, 0.4) is 0 Å². The van der Waals surface area contributed by atoms with Gasteiger partial charge >= 0.3 is 0 Å². The maximum Gasteiger partial charge on any atom is 0.242 e. The first-order valence-electron chi connectivity index (χ1n) is 6.45. The Morgan fingerprint density at radius 1 is 1.45 bits per heavy atom. The van der Waals surface area contributed by atoms with Gasteiger partial charge in [-0.05, 0) is 11.5 Å². The standard InChI is InChI=1S/C14H24N4O2/c1-14(2,3)11(15)12(19)17-10-9(18(4)5)7-8-16-13(10)20-6/h7-8,11H,15H2,1-6H3,(H,17,19)/t11-/m1/s1. The van der Waals surface area contributed by atoms with Crippen molar-refractivity contribution >= 4 is 17.3 Å². The predicted octanol–water partition coefficient (Wildman–Crippen LogP) is 1.47. The Bertz CT molecular complexity index is 481. The molecule has 0 spiro atoms. The molecule has 0 bridgehead atoms. The van der Waals surface area contributed by atoms with Crippen molar-refractivity contribution < 1.29 is 9.53 Å². The van der Waals surface area contributed by atoms with E-state index in [9.17, 15) is 4.79 Å². The Kier molecular flexibility index (Phi) is 4.94. The van der Waals surface area contributed by atoms with Crippen molar-refractivity contribution in [3.05, 3.63) is 12.3 Å². The summed E-state index contributed by atoms with van der Waals surface area (Å²) in [5, 5.41) is 2.82. The number of aromatic nitrogens is 1. The maximum atomic E-state index is 12.3. The fourth-order valence-electron chi connectivity index (χ4n) is 1.67. The highest BCUT2D eigenvalue weighted by atomic mass is 16.5. The molecule has 1 heterocycles. The molecule has 3 N–H and O–H groups in total. The zero-order valence-electron chi connectivity index (χ0n) is 13.0. The van der Waals surface area contributed by atoms with E-state index in [1.807, 2.05) is 39.8 Å². The summed E-state index contributed by atoms with van der Waals surface area (Å²) >= 11 is 0. The summed E-state index contributed by atoms with van der Waals surface area (Å²) in [6.07, 6.45) is 1.63. The number of nitrogens with two attached hydrogens (primary N) is 1. The molecule has 0 aliphatic rings. The topological polar surface area (TPSA) is 80.5 Å². The van der Waals surface area contributed by atoms with Crippen molar-refractivity contribution in [1.82, 2.24) is 4.98 Å². The first-order valence-corrected chi connectivity index (χ1v) is 6.45. The molecule has 112 valence electrons. The highest BCUT2D eigenvalue weighted by Crippen LogP contribution is 2.32. The minimum atomic E-state index is -0.623. The van der Waals surface area contributed by atoms with Gasteiger partial charge in [-0.25, -0.2) is 4.98 Å². The van der Waals surface area contributed by atoms with E-state index < -0.39 is 6.04 Å². The van der Waals surface area contributed by atoms with E-state index >= 15 is 0 Å². The van der Waals surface area contributed by atoms with E-state index in [2.05, 4.69) is 10.3 Å². The quantitative estimate of drug-likeness (QED) is 0.873.